The zero-order chi connectivity index (χ0) is 11.5. The lowest BCUT2D eigenvalue weighted by molar-refractivity contribution is 0.270. The highest BCUT2D eigenvalue weighted by Gasteiger charge is 2.23. The van der Waals surface area contributed by atoms with Crippen molar-refractivity contribution in [3.8, 4) is 5.75 Å². The van der Waals surface area contributed by atoms with Crippen LogP contribution >= 0.6 is 0 Å². The SMILES string of the molecule is NCCc1cc(F)c(OCC2CC2)c(F)c1. The van der Waals surface area contributed by atoms with Crippen molar-refractivity contribution >= 4 is 0 Å². The van der Waals surface area contributed by atoms with E-state index in [1.54, 1.807) is 0 Å². The topological polar surface area (TPSA) is 35.2 Å². The van der Waals surface area contributed by atoms with Crippen LogP contribution in [0, 0.1) is 17.6 Å². The molecule has 2 nitrogen and oxygen atoms in total. The van der Waals surface area contributed by atoms with Gasteiger partial charge in [0, 0.05) is 0 Å². The van der Waals surface area contributed by atoms with Crippen LogP contribution in [0.5, 0.6) is 5.75 Å². The van der Waals surface area contributed by atoms with E-state index in [0.29, 0.717) is 31.1 Å². The second kappa shape index (κ2) is 4.78. The maximum Gasteiger partial charge on any atom is 0.190 e. The standard InChI is InChI=1S/C12H15F2NO/c13-10-5-9(3-4-15)6-11(14)12(10)16-7-8-1-2-8/h5-6,8H,1-4,7,15H2. The summed E-state index contributed by atoms with van der Waals surface area (Å²) in [4.78, 5) is 0. The van der Waals surface area contributed by atoms with Gasteiger partial charge in [0.15, 0.2) is 17.4 Å². The van der Waals surface area contributed by atoms with Crippen molar-refractivity contribution in [3.05, 3.63) is 29.3 Å². The third-order valence-electron chi connectivity index (χ3n) is 2.65. The molecule has 88 valence electrons. The maximum absolute atomic E-state index is 13.5. The molecule has 0 bridgehead atoms. The molecule has 0 spiro atoms. The quantitative estimate of drug-likeness (QED) is 0.837. The van der Waals surface area contributed by atoms with Gasteiger partial charge in [0.25, 0.3) is 0 Å². The Labute approximate surface area is 93.4 Å². The van der Waals surface area contributed by atoms with Gasteiger partial charge in [0.2, 0.25) is 0 Å². The number of hydrogen-bond acceptors (Lipinski definition) is 2. The van der Waals surface area contributed by atoms with E-state index >= 15 is 0 Å². The molecule has 2 rings (SSSR count). The average molecular weight is 227 g/mol. The molecule has 0 aliphatic heterocycles. The fourth-order valence-corrected chi connectivity index (χ4v) is 1.55. The predicted octanol–water partition coefficient (Wildman–Crippen LogP) is 2.25. The van der Waals surface area contributed by atoms with Gasteiger partial charge >= 0.3 is 0 Å². The first-order valence-corrected chi connectivity index (χ1v) is 5.51. The lowest BCUT2D eigenvalue weighted by Crippen LogP contribution is -2.06. The van der Waals surface area contributed by atoms with Crippen molar-refractivity contribution in [2.24, 2.45) is 11.7 Å². The van der Waals surface area contributed by atoms with E-state index in [-0.39, 0.29) is 5.75 Å². The molecule has 1 aliphatic carbocycles. The molecule has 0 radical (unpaired) electrons. The van der Waals surface area contributed by atoms with E-state index < -0.39 is 11.6 Å². The van der Waals surface area contributed by atoms with Gasteiger partial charge in [-0.25, -0.2) is 8.78 Å². The summed E-state index contributed by atoms with van der Waals surface area (Å²) in [5.41, 5.74) is 5.90. The zero-order valence-electron chi connectivity index (χ0n) is 9.01. The molecule has 0 saturated heterocycles. The highest BCUT2D eigenvalue weighted by Crippen LogP contribution is 2.31. The molecule has 0 aromatic heterocycles. The Hall–Kier alpha value is -1.16. The Bertz CT molecular complexity index is 354. The van der Waals surface area contributed by atoms with E-state index in [2.05, 4.69) is 0 Å². The fraction of sp³-hybridized carbons (Fsp3) is 0.500. The highest BCUT2D eigenvalue weighted by molar-refractivity contribution is 5.31. The Kier molecular flexibility index (Phi) is 3.39. The minimum Gasteiger partial charge on any atom is -0.487 e. The first-order valence-electron chi connectivity index (χ1n) is 5.51. The number of hydrogen-bond donors (Lipinski definition) is 1. The van der Waals surface area contributed by atoms with E-state index in [9.17, 15) is 8.78 Å². The van der Waals surface area contributed by atoms with Crippen LogP contribution in [0.3, 0.4) is 0 Å². The summed E-state index contributed by atoms with van der Waals surface area (Å²) in [7, 11) is 0. The van der Waals surface area contributed by atoms with E-state index in [1.165, 1.54) is 12.1 Å². The lowest BCUT2D eigenvalue weighted by Gasteiger charge is -2.09. The van der Waals surface area contributed by atoms with E-state index in [1.807, 2.05) is 0 Å². The molecule has 2 N–H and O–H groups in total. The van der Waals surface area contributed by atoms with Crippen LogP contribution in [0.15, 0.2) is 12.1 Å². The molecular weight excluding hydrogens is 212 g/mol. The predicted molar refractivity (Wildman–Crippen MR) is 57.3 cm³/mol. The van der Waals surface area contributed by atoms with Crippen molar-refractivity contribution in [2.75, 3.05) is 13.2 Å². The summed E-state index contributed by atoms with van der Waals surface area (Å²) >= 11 is 0. The minimum atomic E-state index is -0.635. The molecule has 1 aromatic carbocycles. The molecule has 1 saturated carbocycles. The van der Waals surface area contributed by atoms with Crippen LogP contribution in [-0.4, -0.2) is 13.2 Å². The van der Waals surface area contributed by atoms with Crippen LogP contribution in [0.1, 0.15) is 18.4 Å². The third-order valence-corrected chi connectivity index (χ3v) is 2.65. The summed E-state index contributed by atoms with van der Waals surface area (Å²) in [6.07, 6.45) is 2.65. The minimum absolute atomic E-state index is 0.257. The second-order valence-corrected chi connectivity index (χ2v) is 4.18. The van der Waals surface area contributed by atoms with Crippen molar-refractivity contribution in [3.63, 3.8) is 0 Å². The number of nitrogens with two attached hydrogens (primary N) is 1. The van der Waals surface area contributed by atoms with Gasteiger partial charge in [-0.1, -0.05) is 0 Å². The molecule has 0 atom stereocenters. The number of benzene rings is 1. The smallest absolute Gasteiger partial charge is 0.190 e. The molecule has 4 heteroatoms. The van der Waals surface area contributed by atoms with Gasteiger partial charge in [-0.3, -0.25) is 0 Å². The van der Waals surface area contributed by atoms with Gasteiger partial charge in [0.05, 0.1) is 6.61 Å². The Morgan fingerprint density at radius 3 is 2.38 bits per heavy atom. The van der Waals surface area contributed by atoms with Gasteiger partial charge in [-0.15, -0.1) is 0 Å². The monoisotopic (exact) mass is 227 g/mol. The Balaban J connectivity index is 2.10. The summed E-state index contributed by atoms with van der Waals surface area (Å²) in [5, 5.41) is 0. The van der Waals surface area contributed by atoms with E-state index in [0.717, 1.165) is 12.8 Å². The molecule has 16 heavy (non-hydrogen) atoms. The molecule has 0 heterocycles. The first-order chi connectivity index (χ1) is 7.70. The number of rotatable bonds is 5. The molecule has 1 aliphatic rings. The Morgan fingerprint density at radius 1 is 1.25 bits per heavy atom. The van der Waals surface area contributed by atoms with Crippen LogP contribution in [0.25, 0.3) is 0 Å². The third kappa shape index (κ3) is 2.70. The van der Waals surface area contributed by atoms with Gasteiger partial charge in [-0.05, 0) is 49.4 Å². The number of halogens is 2. The Morgan fingerprint density at radius 2 is 1.88 bits per heavy atom. The largest absolute Gasteiger partial charge is 0.487 e. The number of ether oxygens (including phenoxy) is 1. The fourth-order valence-electron chi connectivity index (χ4n) is 1.55. The van der Waals surface area contributed by atoms with Crippen LogP contribution < -0.4 is 10.5 Å². The second-order valence-electron chi connectivity index (χ2n) is 4.18. The highest BCUT2D eigenvalue weighted by atomic mass is 19.1. The van der Waals surface area contributed by atoms with Crippen molar-refractivity contribution < 1.29 is 13.5 Å². The molecule has 0 unspecified atom stereocenters. The van der Waals surface area contributed by atoms with Gasteiger partial charge in [-0.2, -0.15) is 0 Å². The van der Waals surface area contributed by atoms with Crippen molar-refractivity contribution in [1.82, 2.24) is 0 Å². The molecule has 1 aromatic rings. The molecule has 1 fully saturated rings. The van der Waals surface area contributed by atoms with Crippen molar-refractivity contribution in [1.29, 1.82) is 0 Å². The van der Waals surface area contributed by atoms with Crippen LogP contribution in [0.2, 0.25) is 0 Å². The summed E-state index contributed by atoms with van der Waals surface area (Å²) < 4.78 is 32.1. The normalized spacial score (nSPS) is 15.2. The average Bonchev–Trinajstić information content (AvgIpc) is 3.00. The van der Waals surface area contributed by atoms with Gasteiger partial charge < -0.3 is 10.5 Å². The van der Waals surface area contributed by atoms with Crippen LogP contribution in [0.4, 0.5) is 8.78 Å². The maximum atomic E-state index is 13.5. The van der Waals surface area contributed by atoms with E-state index in [4.69, 9.17) is 10.5 Å². The lowest BCUT2D eigenvalue weighted by atomic mass is 10.1. The summed E-state index contributed by atoms with van der Waals surface area (Å²) in [6, 6.07) is 2.58. The summed E-state index contributed by atoms with van der Waals surface area (Å²) in [6.45, 7) is 0.783. The van der Waals surface area contributed by atoms with Crippen molar-refractivity contribution in [2.45, 2.75) is 19.3 Å². The first kappa shape index (κ1) is 11.3. The molecule has 0 amide bonds. The molecular formula is C12H15F2NO. The summed E-state index contributed by atoms with van der Waals surface area (Å²) in [5.74, 6) is -1.05. The van der Waals surface area contributed by atoms with Gasteiger partial charge in [0.1, 0.15) is 0 Å². The van der Waals surface area contributed by atoms with Crippen LogP contribution in [-0.2, 0) is 6.42 Å². The zero-order valence-corrected chi connectivity index (χ0v) is 9.01.